The van der Waals surface area contributed by atoms with E-state index in [1.807, 2.05) is 25.2 Å². The molecule has 0 aliphatic carbocycles. The number of nitrogens with two attached hydrogens (primary N) is 1. The van der Waals surface area contributed by atoms with Crippen molar-refractivity contribution in [1.29, 1.82) is 0 Å². The summed E-state index contributed by atoms with van der Waals surface area (Å²) in [5, 5.41) is 2.06. The summed E-state index contributed by atoms with van der Waals surface area (Å²) in [4.78, 5) is 0. The second-order valence-corrected chi connectivity index (χ2v) is 1.99. The lowest BCUT2D eigenvalue weighted by atomic mass is 10.3. The Morgan fingerprint density at radius 1 is 1.33 bits per heavy atom. The van der Waals surface area contributed by atoms with Crippen LogP contribution in [0.15, 0.2) is 24.3 Å². The summed E-state index contributed by atoms with van der Waals surface area (Å²) in [6, 6.07) is 8.08. The summed E-state index contributed by atoms with van der Waals surface area (Å²) < 4.78 is 0. The van der Waals surface area contributed by atoms with Gasteiger partial charge in [-0.2, -0.15) is 0 Å². The van der Waals surface area contributed by atoms with Gasteiger partial charge in [0, 0.05) is 12.1 Å². The molecule has 0 atom stereocenters. The molecule has 5 N–H and O–H groups in total. The Morgan fingerprint density at radius 2 is 2.00 bits per heavy atom. The molecule has 0 unspecified atom stereocenters. The third kappa shape index (κ3) is 1.28. The van der Waals surface area contributed by atoms with Gasteiger partial charge in [0.2, 0.25) is 0 Å². The molecule has 1 rings (SSSR count). The number of benzene rings is 1. The SMILES string of the molecule is C[NH2+]c1ccccc1[NH3+]. The van der Waals surface area contributed by atoms with E-state index in [0.717, 1.165) is 5.69 Å². The first-order chi connectivity index (χ1) is 4.34. The molecule has 0 amide bonds. The van der Waals surface area contributed by atoms with Gasteiger partial charge in [-0.3, -0.25) is 0 Å². The van der Waals surface area contributed by atoms with Crippen LogP contribution in [0.2, 0.25) is 0 Å². The van der Waals surface area contributed by atoms with Crippen LogP contribution in [0.3, 0.4) is 0 Å². The molecule has 0 radical (unpaired) electrons. The van der Waals surface area contributed by atoms with Crippen molar-refractivity contribution < 1.29 is 11.1 Å². The van der Waals surface area contributed by atoms with Crippen molar-refractivity contribution in [2.75, 3.05) is 7.05 Å². The molecular formula is C7H12N2+2. The summed E-state index contributed by atoms with van der Waals surface area (Å²) in [7, 11) is 2.02. The van der Waals surface area contributed by atoms with Gasteiger partial charge in [0.1, 0.15) is 0 Å². The highest BCUT2D eigenvalue weighted by atomic mass is 14.8. The predicted molar refractivity (Wildman–Crippen MR) is 36.5 cm³/mol. The Balaban J connectivity index is 3.01. The highest BCUT2D eigenvalue weighted by Gasteiger charge is 1.98. The van der Waals surface area contributed by atoms with Gasteiger partial charge in [-0.05, 0) is 0 Å². The third-order valence-electron chi connectivity index (χ3n) is 1.37. The quantitative estimate of drug-likeness (QED) is 0.469. The van der Waals surface area contributed by atoms with Crippen molar-refractivity contribution in [3.8, 4) is 0 Å². The molecule has 0 aliphatic heterocycles. The molecule has 48 valence electrons. The van der Waals surface area contributed by atoms with E-state index in [9.17, 15) is 0 Å². The van der Waals surface area contributed by atoms with Crippen LogP contribution in [0.25, 0.3) is 0 Å². The summed E-state index contributed by atoms with van der Waals surface area (Å²) in [5.41, 5.74) is 6.18. The third-order valence-corrected chi connectivity index (χ3v) is 1.37. The van der Waals surface area contributed by atoms with E-state index in [1.54, 1.807) is 0 Å². The average molecular weight is 124 g/mol. The van der Waals surface area contributed by atoms with Crippen LogP contribution >= 0.6 is 0 Å². The van der Waals surface area contributed by atoms with Gasteiger partial charge in [0.05, 0.1) is 7.05 Å². The number of hydrogen-bond acceptors (Lipinski definition) is 0. The fraction of sp³-hybridized carbons (Fsp3) is 0.143. The minimum absolute atomic E-state index is 1.10. The molecule has 0 aliphatic rings. The van der Waals surface area contributed by atoms with Crippen molar-refractivity contribution in [1.82, 2.24) is 0 Å². The standard InChI is InChI=1S/C7H10N2/c1-9-7-5-3-2-4-6(7)8/h2-5,9H,8H2,1H3/p+2. The summed E-state index contributed by atoms with van der Waals surface area (Å²) >= 11 is 0. The van der Waals surface area contributed by atoms with Crippen molar-refractivity contribution in [3.05, 3.63) is 24.3 Å². The minimum atomic E-state index is 1.10. The fourth-order valence-corrected chi connectivity index (χ4v) is 0.816. The Bertz CT molecular complexity index is 196. The molecule has 1 aromatic carbocycles. The van der Waals surface area contributed by atoms with Crippen LogP contribution in [0.4, 0.5) is 11.4 Å². The number of rotatable bonds is 1. The van der Waals surface area contributed by atoms with Gasteiger partial charge in [-0.25, -0.2) is 0 Å². The lowest BCUT2D eigenvalue weighted by Crippen LogP contribution is -2.74. The maximum atomic E-state index is 3.86. The van der Waals surface area contributed by atoms with Crippen LogP contribution in [-0.2, 0) is 0 Å². The molecule has 0 spiro atoms. The molecule has 2 nitrogen and oxygen atoms in total. The van der Waals surface area contributed by atoms with Crippen molar-refractivity contribution in [2.24, 2.45) is 0 Å². The van der Waals surface area contributed by atoms with Gasteiger partial charge >= 0.3 is 0 Å². The van der Waals surface area contributed by atoms with E-state index >= 15 is 0 Å². The molecule has 2 heteroatoms. The molecular weight excluding hydrogens is 112 g/mol. The van der Waals surface area contributed by atoms with E-state index in [1.165, 1.54) is 5.69 Å². The first-order valence-electron chi connectivity index (χ1n) is 3.05. The lowest BCUT2D eigenvalue weighted by Gasteiger charge is -1.92. The van der Waals surface area contributed by atoms with Gasteiger partial charge in [0.25, 0.3) is 0 Å². The highest BCUT2D eigenvalue weighted by Crippen LogP contribution is 2.06. The van der Waals surface area contributed by atoms with Crippen molar-refractivity contribution in [3.63, 3.8) is 0 Å². The normalized spacial score (nSPS) is 9.56. The van der Waals surface area contributed by atoms with Crippen LogP contribution in [-0.4, -0.2) is 7.05 Å². The van der Waals surface area contributed by atoms with Crippen molar-refractivity contribution >= 4 is 11.4 Å². The largest absolute Gasteiger partial charge is 0.320 e. The van der Waals surface area contributed by atoms with E-state index < -0.39 is 0 Å². The predicted octanol–water partition coefficient (Wildman–Crippen LogP) is -0.615. The molecule has 0 heterocycles. The molecule has 0 aromatic heterocycles. The number of quaternary nitrogens is 2. The maximum Gasteiger partial charge on any atom is 0.190 e. The fourth-order valence-electron chi connectivity index (χ4n) is 0.816. The smallest absolute Gasteiger partial charge is 0.190 e. The van der Waals surface area contributed by atoms with Crippen LogP contribution in [0, 0.1) is 0 Å². The summed E-state index contributed by atoms with van der Waals surface area (Å²) in [5.74, 6) is 0. The van der Waals surface area contributed by atoms with Crippen LogP contribution in [0.1, 0.15) is 0 Å². The molecule has 0 saturated carbocycles. The topological polar surface area (TPSA) is 44.2 Å². The van der Waals surface area contributed by atoms with Crippen molar-refractivity contribution in [2.45, 2.75) is 0 Å². The zero-order valence-corrected chi connectivity index (χ0v) is 5.59. The maximum absolute atomic E-state index is 3.86. The lowest BCUT2D eigenvalue weighted by molar-refractivity contribution is -0.543. The molecule has 0 fully saturated rings. The van der Waals surface area contributed by atoms with E-state index in [-0.39, 0.29) is 0 Å². The number of para-hydroxylation sites is 1. The zero-order valence-electron chi connectivity index (χ0n) is 5.59. The van der Waals surface area contributed by atoms with E-state index in [2.05, 4.69) is 17.1 Å². The molecule has 1 aromatic rings. The first kappa shape index (κ1) is 6.26. The monoisotopic (exact) mass is 124 g/mol. The highest BCUT2D eigenvalue weighted by molar-refractivity contribution is 5.49. The summed E-state index contributed by atoms with van der Waals surface area (Å²) in [6.45, 7) is 0. The van der Waals surface area contributed by atoms with Crippen LogP contribution in [0.5, 0.6) is 0 Å². The molecule has 0 bridgehead atoms. The second kappa shape index (κ2) is 2.62. The van der Waals surface area contributed by atoms with Gasteiger partial charge in [-0.15, -0.1) is 0 Å². The Kier molecular flexibility index (Phi) is 1.82. The zero-order chi connectivity index (χ0) is 6.69. The first-order valence-corrected chi connectivity index (χ1v) is 3.05. The Morgan fingerprint density at radius 3 is 2.44 bits per heavy atom. The van der Waals surface area contributed by atoms with Crippen LogP contribution < -0.4 is 11.1 Å². The molecule has 0 saturated heterocycles. The second-order valence-electron chi connectivity index (χ2n) is 1.99. The minimum Gasteiger partial charge on any atom is -0.320 e. The summed E-state index contributed by atoms with van der Waals surface area (Å²) in [6.07, 6.45) is 0. The number of hydrogen-bond donors (Lipinski definition) is 2. The Hall–Kier alpha value is -0.860. The average Bonchev–Trinajstić information content (AvgIpc) is 1.89. The van der Waals surface area contributed by atoms with E-state index in [4.69, 9.17) is 0 Å². The van der Waals surface area contributed by atoms with Gasteiger partial charge in [0.15, 0.2) is 11.4 Å². The van der Waals surface area contributed by atoms with Gasteiger partial charge < -0.3 is 11.1 Å². The Labute approximate surface area is 54.7 Å². The van der Waals surface area contributed by atoms with Gasteiger partial charge in [-0.1, -0.05) is 12.1 Å². The molecule has 9 heavy (non-hydrogen) atoms. The van der Waals surface area contributed by atoms with E-state index in [0.29, 0.717) is 0 Å².